The van der Waals surface area contributed by atoms with E-state index in [1.807, 2.05) is 0 Å². The fourth-order valence-electron chi connectivity index (χ4n) is 0.583. The molecule has 0 heterocycles. The first-order chi connectivity index (χ1) is 4.95. The van der Waals surface area contributed by atoms with E-state index in [9.17, 15) is 13.0 Å². The smallest absolute Gasteiger partial charge is 0.748 e. The Labute approximate surface area is 94.7 Å². The molecule has 4 nitrogen and oxygen atoms in total. The summed E-state index contributed by atoms with van der Waals surface area (Å²) in [5.41, 5.74) is 0. The van der Waals surface area contributed by atoms with Crippen molar-refractivity contribution in [3.05, 3.63) is 12.2 Å². The zero-order valence-corrected chi connectivity index (χ0v) is 10.0. The Bertz CT molecular complexity index is 222. The summed E-state index contributed by atoms with van der Waals surface area (Å²) in [4.78, 5) is 0. The van der Waals surface area contributed by atoms with Crippen LogP contribution >= 0.6 is 0 Å². The second-order valence-corrected chi connectivity index (χ2v) is 3.67. The van der Waals surface area contributed by atoms with Crippen LogP contribution < -0.4 is 29.6 Å². The van der Waals surface area contributed by atoms with Crippen LogP contribution in [0.4, 0.5) is 0 Å². The summed E-state index contributed by atoms with van der Waals surface area (Å²) in [7, 11) is -4.18. The molecule has 0 fully saturated rings. The Hall–Kier alpha value is 0.610. The van der Waals surface area contributed by atoms with E-state index in [0.29, 0.717) is 0 Å². The van der Waals surface area contributed by atoms with Crippen molar-refractivity contribution in [3.8, 4) is 0 Å². The van der Waals surface area contributed by atoms with Gasteiger partial charge in [0, 0.05) is 5.75 Å². The first kappa shape index (κ1) is 15.1. The minimum absolute atomic E-state index is 0. The van der Waals surface area contributed by atoms with E-state index in [0.717, 1.165) is 0 Å². The van der Waals surface area contributed by atoms with Crippen LogP contribution in [0.25, 0.3) is 0 Å². The molecule has 1 atom stereocenters. The number of aliphatic hydroxyl groups excluding tert-OH is 1. The van der Waals surface area contributed by atoms with Crippen LogP contribution in [0.1, 0.15) is 13.3 Å². The van der Waals surface area contributed by atoms with Gasteiger partial charge in [-0.1, -0.05) is 12.2 Å². The van der Waals surface area contributed by atoms with Crippen molar-refractivity contribution in [2.24, 2.45) is 0 Å². The van der Waals surface area contributed by atoms with Gasteiger partial charge in [-0.3, -0.25) is 0 Å². The van der Waals surface area contributed by atoms with Gasteiger partial charge in [-0.15, -0.1) is 0 Å². The van der Waals surface area contributed by atoms with Crippen LogP contribution in [0.3, 0.4) is 0 Å². The predicted octanol–water partition coefficient (Wildman–Crippen LogP) is -3.14. The van der Waals surface area contributed by atoms with E-state index >= 15 is 0 Å². The summed E-state index contributed by atoms with van der Waals surface area (Å²) < 4.78 is 30.1. The molecule has 0 aliphatic carbocycles. The fraction of sp³-hybridized carbons (Fsp3) is 0.667. The Balaban J connectivity index is 0. The quantitative estimate of drug-likeness (QED) is 0.297. The molecule has 12 heavy (non-hydrogen) atoms. The third kappa shape index (κ3) is 10.6. The molecule has 0 spiro atoms. The minimum Gasteiger partial charge on any atom is -0.748 e. The van der Waals surface area contributed by atoms with Crippen molar-refractivity contribution in [2.75, 3.05) is 5.75 Å². The molecule has 1 unspecified atom stereocenters. The van der Waals surface area contributed by atoms with Gasteiger partial charge in [-0.25, -0.2) is 8.42 Å². The van der Waals surface area contributed by atoms with Crippen molar-refractivity contribution in [1.29, 1.82) is 0 Å². The molecule has 66 valence electrons. The largest absolute Gasteiger partial charge is 1.00 e. The minimum atomic E-state index is -4.18. The maximum Gasteiger partial charge on any atom is 1.00 e. The van der Waals surface area contributed by atoms with Gasteiger partial charge < -0.3 is 9.66 Å². The van der Waals surface area contributed by atoms with E-state index in [1.54, 1.807) is 13.0 Å². The first-order valence-corrected chi connectivity index (χ1v) is 4.78. The predicted molar refractivity (Wildman–Crippen MR) is 40.0 cm³/mol. The summed E-state index contributed by atoms with van der Waals surface area (Å²) in [6.07, 6.45) is 2.17. The molecule has 1 N–H and O–H groups in total. The SMILES string of the molecule is CC=CC(O)CCS(=O)(=O)[O-].[Na+]. The number of aliphatic hydroxyl groups is 1. The molecule has 6 heteroatoms. The average molecular weight is 202 g/mol. The maximum atomic E-state index is 10.0. The standard InChI is InChI=1S/C6H12O4S.Na/c1-2-3-6(7)4-5-11(8,9)10;/h2-3,6-7H,4-5H2,1H3,(H,8,9,10);/q;+1/p-1. The molecule has 0 amide bonds. The topological polar surface area (TPSA) is 77.4 Å². The summed E-state index contributed by atoms with van der Waals surface area (Å²) in [6, 6.07) is 0. The third-order valence-electron chi connectivity index (χ3n) is 1.08. The fourth-order valence-corrected chi connectivity index (χ4v) is 1.11. The molecule has 0 bridgehead atoms. The van der Waals surface area contributed by atoms with Crippen molar-refractivity contribution in [1.82, 2.24) is 0 Å². The summed E-state index contributed by atoms with van der Waals surface area (Å²) >= 11 is 0. The van der Waals surface area contributed by atoms with Gasteiger partial charge in [-0.05, 0) is 13.3 Å². The number of allylic oxidation sites excluding steroid dienone is 1. The van der Waals surface area contributed by atoms with E-state index in [4.69, 9.17) is 5.11 Å². The monoisotopic (exact) mass is 202 g/mol. The molecular formula is C6H11NaO4S. The number of rotatable bonds is 4. The van der Waals surface area contributed by atoms with Crippen LogP contribution in [-0.4, -0.2) is 29.9 Å². The Kier molecular flexibility index (Phi) is 8.88. The van der Waals surface area contributed by atoms with E-state index in [2.05, 4.69) is 0 Å². The van der Waals surface area contributed by atoms with Gasteiger partial charge >= 0.3 is 29.6 Å². The van der Waals surface area contributed by atoms with Gasteiger partial charge in [0.25, 0.3) is 0 Å². The van der Waals surface area contributed by atoms with E-state index in [-0.39, 0.29) is 36.0 Å². The molecule has 0 rings (SSSR count). The second-order valence-electron chi connectivity index (χ2n) is 2.14. The van der Waals surface area contributed by atoms with Crippen LogP contribution in [0, 0.1) is 0 Å². The molecule has 0 aliphatic rings. The van der Waals surface area contributed by atoms with Crippen LogP contribution in [0.5, 0.6) is 0 Å². The number of hydrogen-bond donors (Lipinski definition) is 1. The van der Waals surface area contributed by atoms with Gasteiger partial charge in [-0.2, -0.15) is 0 Å². The van der Waals surface area contributed by atoms with Gasteiger partial charge in [0.05, 0.1) is 16.2 Å². The van der Waals surface area contributed by atoms with Crippen LogP contribution in [-0.2, 0) is 10.1 Å². The average Bonchev–Trinajstić information content (AvgIpc) is 1.83. The van der Waals surface area contributed by atoms with Crippen LogP contribution in [0.15, 0.2) is 12.2 Å². The molecule has 0 radical (unpaired) electrons. The van der Waals surface area contributed by atoms with E-state index in [1.165, 1.54) is 6.08 Å². The summed E-state index contributed by atoms with van der Waals surface area (Å²) in [5, 5.41) is 8.92. The summed E-state index contributed by atoms with van der Waals surface area (Å²) in [5.74, 6) is -0.515. The normalized spacial score (nSPS) is 14.2. The Morgan fingerprint density at radius 3 is 2.42 bits per heavy atom. The zero-order chi connectivity index (χ0) is 8.91. The molecule has 0 aromatic heterocycles. The molecule has 0 aromatic carbocycles. The second kappa shape index (κ2) is 7.06. The number of hydrogen-bond acceptors (Lipinski definition) is 4. The van der Waals surface area contributed by atoms with Crippen molar-refractivity contribution >= 4 is 10.1 Å². The molecule has 0 saturated carbocycles. The zero-order valence-electron chi connectivity index (χ0n) is 7.23. The molecule has 0 saturated heterocycles. The third-order valence-corrected chi connectivity index (χ3v) is 1.81. The Morgan fingerprint density at radius 1 is 1.58 bits per heavy atom. The van der Waals surface area contributed by atoms with Crippen molar-refractivity contribution in [3.63, 3.8) is 0 Å². The van der Waals surface area contributed by atoms with Gasteiger partial charge in [0.15, 0.2) is 0 Å². The van der Waals surface area contributed by atoms with Crippen molar-refractivity contribution in [2.45, 2.75) is 19.4 Å². The van der Waals surface area contributed by atoms with Crippen LogP contribution in [0.2, 0.25) is 0 Å². The molecular weight excluding hydrogens is 191 g/mol. The summed E-state index contributed by atoms with van der Waals surface area (Å²) in [6.45, 7) is 1.70. The van der Waals surface area contributed by atoms with Gasteiger partial charge in [0.2, 0.25) is 0 Å². The van der Waals surface area contributed by atoms with Gasteiger partial charge in [0.1, 0.15) is 0 Å². The van der Waals surface area contributed by atoms with E-state index < -0.39 is 22.0 Å². The maximum absolute atomic E-state index is 10.0. The molecule has 0 aromatic rings. The van der Waals surface area contributed by atoms with Crippen molar-refractivity contribution < 1.29 is 47.6 Å². The first-order valence-electron chi connectivity index (χ1n) is 3.20. The Morgan fingerprint density at radius 2 is 2.08 bits per heavy atom. The molecule has 0 aliphatic heterocycles.